The number of rotatable bonds is 2. The molecule has 1 amide bonds. The van der Waals surface area contributed by atoms with Gasteiger partial charge in [0.2, 0.25) is 0 Å². The number of allylic oxidation sites excluding steroid dienone is 3. The van der Waals surface area contributed by atoms with Crippen molar-refractivity contribution < 1.29 is 4.79 Å². The zero-order valence-electron chi connectivity index (χ0n) is 9.16. The van der Waals surface area contributed by atoms with Crippen LogP contribution in [0.15, 0.2) is 22.8 Å². The number of nitrogens with one attached hydrogen (secondary N) is 1. The minimum atomic E-state index is -0.0760. The van der Waals surface area contributed by atoms with Gasteiger partial charge in [-0.1, -0.05) is 24.0 Å². The lowest BCUT2D eigenvalue weighted by Gasteiger charge is -2.16. The molecule has 0 aromatic rings. The topological polar surface area (TPSA) is 32.3 Å². The van der Waals surface area contributed by atoms with E-state index in [2.05, 4.69) is 17.1 Å². The molecule has 0 radical (unpaired) electrons. The van der Waals surface area contributed by atoms with E-state index in [9.17, 15) is 4.79 Å². The van der Waals surface area contributed by atoms with E-state index in [1.165, 1.54) is 23.9 Å². The minimum absolute atomic E-state index is 0.0760. The van der Waals surface area contributed by atoms with E-state index >= 15 is 0 Å². The zero-order valence-corrected chi connectivity index (χ0v) is 10.8. The summed E-state index contributed by atoms with van der Waals surface area (Å²) in [7, 11) is 0. The molecule has 2 aliphatic rings. The molecule has 0 aliphatic carbocycles. The fourth-order valence-electron chi connectivity index (χ4n) is 1.91. The number of carbonyl (C=O) groups is 1. The normalized spacial score (nSPS) is 25.9. The van der Waals surface area contributed by atoms with Crippen molar-refractivity contribution in [2.24, 2.45) is 0 Å². The van der Waals surface area contributed by atoms with Gasteiger partial charge in [0.15, 0.2) is 0 Å². The second-order valence-electron chi connectivity index (χ2n) is 3.72. The average molecular weight is 254 g/mol. The first-order chi connectivity index (χ1) is 7.70. The summed E-state index contributed by atoms with van der Waals surface area (Å²) in [6, 6.07) is 0. The summed E-state index contributed by atoms with van der Waals surface area (Å²) in [6.45, 7) is 4.31. The van der Waals surface area contributed by atoms with Crippen LogP contribution in [0.25, 0.3) is 0 Å². The van der Waals surface area contributed by atoms with Gasteiger partial charge in [0, 0.05) is 18.8 Å². The number of carbonyl (C=O) groups excluding carboxylic acids is 1. The molecule has 2 fully saturated rings. The van der Waals surface area contributed by atoms with E-state index in [0.29, 0.717) is 9.23 Å². The Bertz CT molecular complexity index is 387. The monoisotopic (exact) mass is 254 g/mol. The maximum Gasteiger partial charge on any atom is 0.263 e. The highest BCUT2D eigenvalue weighted by atomic mass is 32.2. The van der Waals surface area contributed by atoms with Crippen LogP contribution in [0.4, 0.5) is 0 Å². The summed E-state index contributed by atoms with van der Waals surface area (Å²) >= 11 is 6.26. The summed E-state index contributed by atoms with van der Waals surface area (Å²) in [5.41, 5.74) is 1.32. The third-order valence-corrected chi connectivity index (χ3v) is 3.90. The fraction of sp³-hybridized carbons (Fsp3) is 0.455. The molecule has 1 N–H and O–H groups in total. The number of nitrogens with zero attached hydrogens (tertiary/aromatic N) is 1. The summed E-state index contributed by atoms with van der Waals surface area (Å²) < 4.78 is 0.549. The molecule has 2 heterocycles. The molecule has 0 unspecified atom stereocenters. The van der Waals surface area contributed by atoms with Gasteiger partial charge >= 0.3 is 0 Å². The summed E-state index contributed by atoms with van der Waals surface area (Å²) in [6.07, 6.45) is 6.24. The van der Waals surface area contributed by atoms with E-state index in [-0.39, 0.29) is 5.91 Å². The molecule has 0 bridgehead atoms. The summed E-state index contributed by atoms with van der Waals surface area (Å²) in [5.74, 6) is -0.0760. The Morgan fingerprint density at radius 2 is 2.38 bits per heavy atom. The van der Waals surface area contributed by atoms with Gasteiger partial charge in [-0.15, -0.1) is 0 Å². The first-order valence-corrected chi connectivity index (χ1v) is 6.62. The predicted molar refractivity (Wildman–Crippen MR) is 71.0 cm³/mol. The molecule has 5 heteroatoms. The van der Waals surface area contributed by atoms with Gasteiger partial charge in [0.05, 0.1) is 4.91 Å². The van der Waals surface area contributed by atoms with Crippen molar-refractivity contribution >= 4 is 34.2 Å². The highest BCUT2D eigenvalue weighted by Crippen LogP contribution is 2.25. The highest BCUT2D eigenvalue weighted by Gasteiger charge is 2.21. The van der Waals surface area contributed by atoms with Crippen molar-refractivity contribution in [2.45, 2.75) is 19.8 Å². The number of hydrogen-bond donors (Lipinski definition) is 1. The SMILES string of the molecule is CCN1CCC/C1=C/C=C1/SC(=S)NC1=O. The van der Waals surface area contributed by atoms with E-state index in [4.69, 9.17) is 12.2 Å². The highest BCUT2D eigenvalue weighted by molar-refractivity contribution is 8.26. The molecular formula is C11H14N2OS2. The lowest BCUT2D eigenvalue weighted by atomic mass is 10.3. The smallest absolute Gasteiger partial charge is 0.263 e. The van der Waals surface area contributed by atoms with Gasteiger partial charge in [0.1, 0.15) is 4.32 Å². The Kier molecular flexibility index (Phi) is 3.66. The van der Waals surface area contributed by atoms with Crippen molar-refractivity contribution in [3.63, 3.8) is 0 Å². The number of thioether (sulfide) groups is 1. The molecule has 0 atom stereocenters. The molecule has 2 aliphatic heterocycles. The molecule has 3 nitrogen and oxygen atoms in total. The first kappa shape index (κ1) is 11.7. The van der Waals surface area contributed by atoms with Crippen LogP contribution in [0, 0.1) is 0 Å². The van der Waals surface area contributed by atoms with Crippen LogP contribution < -0.4 is 5.32 Å². The second-order valence-corrected chi connectivity index (χ2v) is 5.43. The van der Waals surface area contributed by atoms with Crippen molar-refractivity contribution in [1.82, 2.24) is 10.2 Å². The van der Waals surface area contributed by atoms with Crippen LogP contribution in [-0.2, 0) is 4.79 Å². The van der Waals surface area contributed by atoms with Gasteiger partial charge in [-0.2, -0.15) is 0 Å². The van der Waals surface area contributed by atoms with E-state index in [1.807, 2.05) is 12.2 Å². The van der Waals surface area contributed by atoms with Gasteiger partial charge in [-0.05, 0) is 31.9 Å². The minimum Gasteiger partial charge on any atom is -0.375 e. The van der Waals surface area contributed by atoms with Crippen LogP contribution in [0.1, 0.15) is 19.8 Å². The number of likely N-dealkylation sites (tertiary alicyclic amines) is 1. The third kappa shape index (κ3) is 2.47. The molecule has 16 heavy (non-hydrogen) atoms. The van der Waals surface area contributed by atoms with Gasteiger partial charge in [0.25, 0.3) is 5.91 Å². The first-order valence-electron chi connectivity index (χ1n) is 5.39. The van der Waals surface area contributed by atoms with Crippen LogP contribution >= 0.6 is 24.0 Å². The molecule has 0 spiro atoms. The third-order valence-electron chi connectivity index (χ3n) is 2.72. The Morgan fingerprint density at radius 3 is 3.00 bits per heavy atom. The van der Waals surface area contributed by atoms with Gasteiger partial charge < -0.3 is 10.2 Å². The van der Waals surface area contributed by atoms with Crippen molar-refractivity contribution in [3.8, 4) is 0 Å². The Morgan fingerprint density at radius 1 is 1.56 bits per heavy atom. The average Bonchev–Trinajstić information content (AvgIpc) is 2.81. The van der Waals surface area contributed by atoms with Crippen LogP contribution in [0.5, 0.6) is 0 Å². The van der Waals surface area contributed by atoms with E-state index in [1.54, 1.807) is 0 Å². The molecule has 0 saturated carbocycles. The van der Waals surface area contributed by atoms with Crippen LogP contribution in [-0.4, -0.2) is 28.2 Å². The standard InChI is InChI=1S/C11H14N2OS2/c1-2-13-7-3-4-8(13)5-6-9-10(14)12-11(15)16-9/h5-6H,2-4,7H2,1H3,(H,12,14,15)/b8-5-,9-6+. The van der Waals surface area contributed by atoms with E-state index in [0.717, 1.165) is 19.5 Å². The fourth-order valence-corrected chi connectivity index (χ4v) is 2.90. The maximum atomic E-state index is 11.4. The quantitative estimate of drug-likeness (QED) is 0.603. The zero-order chi connectivity index (χ0) is 11.5. The Balaban J connectivity index is 2.10. The summed E-state index contributed by atoms with van der Waals surface area (Å²) in [5, 5.41) is 2.61. The second kappa shape index (κ2) is 5.01. The largest absolute Gasteiger partial charge is 0.375 e. The molecule has 86 valence electrons. The van der Waals surface area contributed by atoms with Crippen molar-refractivity contribution in [3.05, 3.63) is 22.8 Å². The van der Waals surface area contributed by atoms with Crippen molar-refractivity contribution in [2.75, 3.05) is 13.1 Å². The molecule has 2 saturated heterocycles. The number of hydrogen-bond acceptors (Lipinski definition) is 4. The Hall–Kier alpha value is -0.810. The molecule has 2 rings (SSSR count). The van der Waals surface area contributed by atoms with Crippen molar-refractivity contribution in [1.29, 1.82) is 0 Å². The lowest BCUT2D eigenvalue weighted by Crippen LogP contribution is -2.18. The molecule has 0 aromatic carbocycles. The van der Waals surface area contributed by atoms with E-state index < -0.39 is 0 Å². The van der Waals surface area contributed by atoms with Gasteiger partial charge in [-0.3, -0.25) is 4.79 Å². The molecule has 0 aromatic heterocycles. The lowest BCUT2D eigenvalue weighted by molar-refractivity contribution is -0.115. The molecular weight excluding hydrogens is 240 g/mol. The predicted octanol–water partition coefficient (Wildman–Crippen LogP) is 2.02. The summed E-state index contributed by atoms with van der Waals surface area (Å²) in [4.78, 5) is 14.4. The Labute approximate surface area is 105 Å². The maximum absolute atomic E-state index is 11.4. The van der Waals surface area contributed by atoms with Crippen LogP contribution in [0.2, 0.25) is 0 Å². The van der Waals surface area contributed by atoms with Gasteiger partial charge in [-0.25, -0.2) is 0 Å². The van der Waals surface area contributed by atoms with Crippen LogP contribution in [0.3, 0.4) is 0 Å². The number of thiocarbonyl (C=S) groups is 1. The number of amides is 1.